The molecule has 1 saturated heterocycles. The summed E-state index contributed by atoms with van der Waals surface area (Å²) in [6, 6.07) is 3.84. The van der Waals surface area contributed by atoms with Crippen molar-refractivity contribution in [1.82, 2.24) is 10.3 Å². The molecule has 2 aliphatic rings. The van der Waals surface area contributed by atoms with Crippen molar-refractivity contribution >= 4 is 48.1 Å². The van der Waals surface area contributed by atoms with Gasteiger partial charge < -0.3 is 16.0 Å². The summed E-state index contributed by atoms with van der Waals surface area (Å²) in [6.45, 7) is 1.61. The Balaban J connectivity index is 0.00000132. The van der Waals surface area contributed by atoms with Crippen LogP contribution < -0.4 is 16.0 Å². The summed E-state index contributed by atoms with van der Waals surface area (Å²) in [6.07, 6.45) is 5.58. The summed E-state index contributed by atoms with van der Waals surface area (Å²) in [5.41, 5.74) is 5.99. The van der Waals surface area contributed by atoms with Gasteiger partial charge in [0, 0.05) is 31.4 Å². The summed E-state index contributed by atoms with van der Waals surface area (Å²) >= 11 is 6.17. The second-order valence-corrected chi connectivity index (χ2v) is 6.36. The lowest BCUT2D eigenvalue weighted by molar-refractivity contribution is -0.125. The van der Waals surface area contributed by atoms with Gasteiger partial charge in [-0.25, -0.2) is 4.98 Å². The van der Waals surface area contributed by atoms with Gasteiger partial charge in [0.1, 0.15) is 5.82 Å². The van der Waals surface area contributed by atoms with Crippen LogP contribution >= 0.6 is 36.4 Å². The van der Waals surface area contributed by atoms with Gasteiger partial charge in [0.05, 0.1) is 10.9 Å². The van der Waals surface area contributed by atoms with Crippen molar-refractivity contribution in [3.05, 3.63) is 23.4 Å². The predicted molar refractivity (Wildman–Crippen MR) is 97.8 cm³/mol. The van der Waals surface area contributed by atoms with Crippen molar-refractivity contribution in [2.45, 2.75) is 37.8 Å². The van der Waals surface area contributed by atoms with Crippen molar-refractivity contribution in [2.75, 3.05) is 18.0 Å². The Morgan fingerprint density at radius 3 is 2.78 bits per heavy atom. The second kappa shape index (κ2) is 8.92. The van der Waals surface area contributed by atoms with Crippen LogP contribution in [0.25, 0.3) is 0 Å². The maximum atomic E-state index is 12.3. The van der Waals surface area contributed by atoms with E-state index in [9.17, 15) is 4.79 Å². The highest BCUT2D eigenvalue weighted by atomic mass is 35.5. The Hall–Kier alpha value is -0.750. The zero-order chi connectivity index (χ0) is 14.8. The molecule has 2 heterocycles. The van der Waals surface area contributed by atoms with E-state index in [1.165, 1.54) is 0 Å². The van der Waals surface area contributed by atoms with Crippen molar-refractivity contribution < 1.29 is 4.79 Å². The normalized spacial score (nSPS) is 26.3. The molecule has 2 fully saturated rings. The molecule has 1 aliphatic heterocycles. The standard InChI is InChI=1S/C15H21ClN4O.2ClH/c16-12-4-2-7-18-14(12)20-8-6-10(9-20)19-15(21)11-3-1-5-13(11)17;;/h2,4,7,10-11,13H,1,3,5-6,8-9,17H2,(H,19,21);2*1H. The molecule has 1 aromatic heterocycles. The first kappa shape index (κ1) is 20.3. The first-order valence-corrected chi connectivity index (χ1v) is 7.94. The highest BCUT2D eigenvalue weighted by Gasteiger charge is 2.33. The summed E-state index contributed by atoms with van der Waals surface area (Å²) in [4.78, 5) is 18.7. The van der Waals surface area contributed by atoms with Crippen molar-refractivity contribution in [2.24, 2.45) is 11.7 Å². The van der Waals surface area contributed by atoms with E-state index in [0.29, 0.717) is 5.02 Å². The molecule has 1 saturated carbocycles. The molecule has 23 heavy (non-hydrogen) atoms. The number of amides is 1. The number of hydrogen-bond acceptors (Lipinski definition) is 4. The van der Waals surface area contributed by atoms with Crippen LogP contribution in [0.15, 0.2) is 18.3 Å². The minimum Gasteiger partial charge on any atom is -0.353 e. The molecule has 0 radical (unpaired) electrons. The number of nitrogens with one attached hydrogen (secondary N) is 1. The topological polar surface area (TPSA) is 71.2 Å². The minimum absolute atomic E-state index is 0. The maximum absolute atomic E-state index is 12.3. The minimum atomic E-state index is -0.0162. The van der Waals surface area contributed by atoms with Crippen LogP contribution in [0.4, 0.5) is 5.82 Å². The molecule has 3 atom stereocenters. The van der Waals surface area contributed by atoms with Crippen LogP contribution in [0.5, 0.6) is 0 Å². The van der Waals surface area contributed by atoms with Crippen LogP contribution in [-0.4, -0.2) is 36.1 Å². The van der Waals surface area contributed by atoms with E-state index in [4.69, 9.17) is 17.3 Å². The van der Waals surface area contributed by atoms with E-state index >= 15 is 0 Å². The number of aromatic nitrogens is 1. The fraction of sp³-hybridized carbons (Fsp3) is 0.600. The SMILES string of the molecule is Cl.Cl.NC1CCCC1C(=O)NC1CCN(c2ncccc2Cl)C1. The number of halogens is 3. The van der Waals surface area contributed by atoms with Crippen molar-refractivity contribution in [3.8, 4) is 0 Å². The first-order chi connectivity index (χ1) is 10.1. The average Bonchev–Trinajstić information content (AvgIpc) is 3.08. The number of anilines is 1. The largest absolute Gasteiger partial charge is 0.353 e. The Kier molecular flexibility index (Phi) is 7.87. The maximum Gasteiger partial charge on any atom is 0.224 e. The molecule has 3 unspecified atom stereocenters. The second-order valence-electron chi connectivity index (χ2n) is 5.95. The Labute approximate surface area is 154 Å². The number of nitrogens with zero attached hydrogens (tertiary/aromatic N) is 2. The van der Waals surface area contributed by atoms with Gasteiger partial charge in [-0.05, 0) is 31.4 Å². The molecule has 1 aromatic rings. The van der Waals surface area contributed by atoms with E-state index in [2.05, 4.69) is 15.2 Å². The Morgan fingerprint density at radius 2 is 2.13 bits per heavy atom. The molecule has 0 aromatic carbocycles. The molecule has 130 valence electrons. The number of hydrogen-bond donors (Lipinski definition) is 2. The van der Waals surface area contributed by atoms with Gasteiger partial charge >= 0.3 is 0 Å². The van der Waals surface area contributed by atoms with Gasteiger partial charge in [0.25, 0.3) is 0 Å². The number of nitrogens with two attached hydrogens (primary N) is 1. The third-order valence-electron chi connectivity index (χ3n) is 4.48. The van der Waals surface area contributed by atoms with Crippen LogP contribution in [0, 0.1) is 5.92 Å². The van der Waals surface area contributed by atoms with E-state index in [1.54, 1.807) is 6.20 Å². The molecule has 3 N–H and O–H groups in total. The van der Waals surface area contributed by atoms with E-state index in [0.717, 1.165) is 44.6 Å². The van der Waals surface area contributed by atoms with Crippen LogP contribution in [0.1, 0.15) is 25.7 Å². The van der Waals surface area contributed by atoms with Crippen LogP contribution in [-0.2, 0) is 4.79 Å². The fourth-order valence-electron chi connectivity index (χ4n) is 3.30. The van der Waals surface area contributed by atoms with Gasteiger partial charge in [0.15, 0.2) is 0 Å². The lowest BCUT2D eigenvalue weighted by Gasteiger charge is -2.21. The number of rotatable bonds is 3. The lowest BCUT2D eigenvalue weighted by atomic mass is 10.0. The predicted octanol–water partition coefficient (Wildman–Crippen LogP) is 2.40. The zero-order valence-electron chi connectivity index (χ0n) is 12.8. The highest BCUT2D eigenvalue weighted by molar-refractivity contribution is 6.32. The number of carbonyl (C=O) groups excluding carboxylic acids is 1. The average molecular weight is 382 g/mol. The molecule has 5 nitrogen and oxygen atoms in total. The summed E-state index contributed by atoms with van der Waals surface area (Å²) in [5, 5.41) is 3.79. The molecule has 1 amide bonds. The zero-order valence-corrected chi connectivity index (χ0v) is 15.2. The number of carbonyl (C=O) groups is 1. The molecule has 0 bridgehead atoms. The fourth-order valence-corrected chi connectivity index (χ4v) is 3.54. The molecule has 0 spiro atoms. The van der Waals surface area contributed by atoms with Gasteiger partial charge in [-0.2, -0.15) is 0 Å². The Bertz CT molecular complexity index is 531. The van der Waals surface area contributed by atoms with E-state index in [-0.39, 0.29) is 48.7 Å². The van der Waals surface area contributed by atoms with Crippen molar-refractivity contribution in [1.29, 1.82) is 0 Å². The third-order valence-corrected chi connectivity index (χ3v) is 4.77. The summed E-state index contributed by atoms with van der Waals surface area (Å²) in [7, 11) is 0. The molecular weight excluding hydrogens is 359 g/mol. The van der Waals surface area contributed by atoms with Gasteiger partial charge in [-0.3, -0.25) is 4.79 Å². The Morgan fingerprint density at radius 1 is 1.35 bits per heavy atom. The van der Waals surface area contributed by atoms with E-state index in [1.807, 2.05) is 12.1 Å². The summed E-state index contributed by atoms with van der Waals surface area (Å²) < 4.78 is 0. The third kappa shape index (κ3) is 4.63. The number of pyridine rings is 1. The molecule has 3 rings (SSSR count). The monoisotopic (exact) mass is 380 g/mol. The highest BCUT2D eigenvalue weighted by Crippen LogP contribution is 2.27. The van der Waals surface area contributed by atoms with Gasteiger partial charge in [-0.15, -0.1) is 24.8 Å². The van der Waals surface area contributed by atoms with Crippen LogP contribution in [0.2, 0.25) is 5.02 Å². The first-order valence-electron chi connectivity index (χ1n) is 7.56. The summed E-state index contributed by atoms with van der Waals surface area (Å²) in [5.74, 6) is 0.893. The quantitative estimate of drug-likeness (QED) is 0.843. The van der Waals surface area contributed by atoms with Gasteiger partial charge in [-0.1, -0.05) is 18.0 Å². The van der Waals surface area contributed by atoms with Crippen LogP contribution in [0.3, 0.4) is 0 Å². The molecule has 8 heteroatoms. The van der Waals surface area contributed by atoms with Crippen molar-refractivity contribution in [3.63, 3.8) is 0 Å². The molecule has 1 aliphatic carbocycles. The lowest BCUT2D eigenvalue weighted by Crippen LogP contribution is -2.44. The van der Waals surface area contributed by atoms with E-state index < -0.39 is 0 Å². The molecular formula is C15H23Cl3N4O. The smallest absolute Gasteiger partial charge is 0.224 e. The van der Waals surface area contributed by atoms with Gasteiger partial charge in [0.2, 0.25) is 5.91 Å².